The van der Waals surface area contributed by atoms with Gasteiger partial charge in [-0.05, 0) is 36.2 Å². The van der Waals surface area contributed by atoms with Crippen LogP contribution >= 0.6 is 0 Å². The van der Waals surface area contributed by atoms with Crippen molar-refractivity contribution in [3.05, 3.63) is 48.8 Å². The van der Waals surface area contributed by atoms with Crippen molar-refractivity contribution in [3.63, 3.8) is 0 Å². The second-order valence-electron chi connectivity index (χ2n) is 5.96. The minimum atomic E-state index is -0.163. The van der Waals surface area contributed by atoms with E-state index in [9.17, 15) is 0 Å². The predicted molar refractivity (Wildman–Crippen MR) is 88.7 cm³/mol. The molecule has 0 aliphatic carbocycles. The van der Waals surface area contributed by atoms with Crippen LogP contribution in [0.2, 0.25) is 0 Å². The van der Waals surface area contributed by atoms with E-state index in [2.05, 4.69) is 63.4 Å². The quantitative estimate of drug-likeness (QED) is 0.467. The van der Waals surface area contributed by atoms with E-state index in [1.54, 1.807) is 4.80 Å². The molecular formula is C16H25N6O2W-. The van der Waals surface area contributed by atoms with Gasteiger partial charge >= 0.3 is 0 Å². The van der Waals surface area contributed by atoms with E-state index in [1.807, 2.05) is 13.1 Å². The van der Waals surface area contributed by atoms with E-state index in [4.69, 9.17) is 5.21 Å². The fraction of sp³-hybridized carbons (Fsp3) is 0.500. The molecule has 1 fully saturated rings. The van der Waals surface area contributed by atoms with Crippen LogP contribution in [0.3, 0.4) is 0 Å². The van der Waals surface area contributed by atoms with E-state index in [-0.39, 0.29) is 26.5 Å². The predicted octanol–water partition coefficient (Wildman–Crippen LogP) is 1.15. The molecule has 8 nitrogen and oxygen atoms in total. The van der Waals surface area contributed by atoms with Crippen molar-refractivity contribution in [2.45, 2.75) is 18.8 Å². The van der Waals surface area contributed by atoms with Crippen LogP contribution < -0.4 is 5.64 Å². The van der Waals surface area contributed by atoms with Gasteiger partial charge in [-0.3, -0.25) is 17.1 Å². The van der Waals surface area contributed by atoms with Crippen molar-refractivity contribution >= 4 is 0 Å². The van der Waals surface area contributed by atoms with Crippen LogP contribution in [0, 0.1) is 13.0 Å². The number of likely N-dealkylation sites (tertiary alicyclic amines) is 1. The van der Waals surface area contributed by atoms with Crippen molar-refractivity contribution in [1.82, 2.24) is 30.8 Å². The Morgan fingerprint density at radius 2 is 2.00 bits per heavy atom. The van der Waals surface area contributed by atoms with Crippen molar-refractivity contribution < 1.29 is 31.1 Å². The van der Waals surface area contributed by atoms with Gasteiger partial charge in [-0.15, -0.1) is 10.2 Å². The molecule has 1 aromatic carbocycles. The molecule has 0 amide bonds. The number of hydrogen-bond donors (Lipinski definition) is 2. The van der Waals surface area contributed by atoms with Crippen LogP contribution in [0.4, 0.5) is 0 Å². The average Bonchev–Trinajstić information content (AvgIpc) is 3.03. The van der Waals surface area contributed by atoms with Crippen LogP contribution in [0.25, 0.3) is 0 Å². The van der Waals surface area contributed by atoms with Gasteiger partial charge in [-0.25, -0.2) is 0 Å². The van der Waals surface area contributed by atoms with Crippen LogP contribution in [0.5, 0.6) is 0 Å². The summed E-state index contributed by atoms with van der Waals surface area (Å²) < 4.78 is 0. The third-order valence-corrected chi connectivity index (χ3v) is 4.48. The van der Waals surface area contributed by atoms with E-state index in [0.717, 1.165) is 25.3 Å². The second-order valence-corrected chi connectivity index (χ2v) is 5.96. The Bertz CT molecular complexity index is 624. The molecule has 1 aliphatic rings. The van der Waals surface area contributed by atoms with Crippen LogP contribution in [0.1, 0.15) is 24.7 Å². The summed E-state index contributed by atoms with van der Waals surface area (Å²) in [6, 6.07) is 10.5. The van der Waals surface area contributed by atoms with E-state index < -0.39 is 0 Å². The summed E-state index contributed by atoms with van der Waals surface area (Å²) in [7, 11) is 7.21. The number of aromatic nitrogens is 4. The minimum absolute atomic E-state index is 0. The zero-order chi connectivity index (χ0) is 17.6. The molecule has 1 aliphatic heterocycles. The summed E-state index contributed by atoms with van der Waals surface area (Å²) >= 11 is 0. The van der Waals surface area contributed by atoms with Crippen LogP contribution in [0.15, 0.2) is 30.3 Å². The molecule has 3 rings (SSSR count). The zero-order valence-corrected chi connectivity index (χ0v) is 17.7. The first-order valence-corrected chi connectivity index (χ1v) is 7.82. The Kier molecular flexibility index (Phi) is 8.82. The van der Waals surface area contributed by atoms with Crippen molar-refractivity contribution in [2.24, 2.45) is 13.0 Å². The van der Waals surface area contributed by atoms with Crippen molar-refractivity contribution in [1.29, 1.82) is 0 Å². The monoisotopic (exact) mass is 517 g/mol. The van der Waals surface area contributed by atoms with Gasteiger partial charge in [0.15, 0.2) is 5.82 Å². The Morgan fingerprint density at radius 1 is 1.36 bits per heavy atom. The number of aryl methyl sites for hydroxylation is 1. The molecule has 1 aromatic heterocycles. The molecule has 25 heavy (non-hydrogen) atoms. The first-order valence-electron chi connectivity index (χ1n) is 7.82. The number of hydrogen-bond acceptors (Lipinski definition) is 7. The van der Waals surface area contributed by atoms with Gasteiger partial charge in [0, 0.05) is 21.1 Å². The summed E-state index contributed by atoms with van der Waals surface area (Å²) in [5, 5.41) is 20.3. The molecule has 0 saturated carbocycles. The van der Waals surface area contributed by atoms with E-state index in [0.29, 0.717) is 5.92 Å². The fourth-order valence-corrected chi connectivity index (χ4v) is 3.30. The molecule has 2 heterocycles. The van der Waals surface area contributed by atoms with Gasteiger partial charge in [0.1, 0.15) is 0 Å². The summed E-state index contributed by atoms with van der Waals surface area (Å²) in [5.74, 6) is 1.21. The molecule has 2 aromatic rings. The first-order chi connectivity index (χ1) is 11.5. The van der Waals surface area contributed by atoms with Crippen LogP contribution in [-0.2, 0) is 38.4 Å². The van der Waals surface area contributed by atoms with Crippen molar-refractivity contribution in [2.75, 3.05) is 20.2 Å². The maximum atomic E-state index is 7.40. The molecule has 0 spiro atoms. The SMILES string of the molecule is CONO.[CH2-]N1CCC(c2ccccc2)(c2nnn(C)n2)C(C)C1.[W]. The number of nitrogens with one attached hydrogen (secondary N) is 1. The fourth-order valence-electron chi connectivity index (χ4n) is 3.30. The molecule has 0 radical (unpaired) electrons. The second kappa shape index (κ2) is 10.1. The molecule has 2 N–H and O–H groups in total. The molecular weight excluding hydrogens is 492 g/mol. The van der Waals surface area contributed by atoms with Gasteiger partial charge in [0.05, 0.1) is 19.6 Å². The third-order valence-electron chi connectivity index (χ3n) is 4.48. The average molecular weight is 517 g/mol. The first kappa shape index (κ1) is 21.9. The largest absolute Gasteiger partial charge is 0.459 e. The normalized spacial score (nSPS) is 23.3. The molecule has 0 bridgehead atoms. The van der Waals surface area contributed by atoms with Gasteiger partial charge in [0.2, 0.25) is 0 Å². The molecule has 2 unspecified atom stereocenters. The summed E-state index contributed by atoms with van der Waals surface area (Å²) in [4.78, 5) is 7.52. The van der Waals surface area contributed by atoms with Gasteiger partial charge in [-0.1, -0.05) is 42.9 Å². The van der Waals surface area contributed by atoms with Gasteiger partial charge in [0.25, 0.3) is 0 Å². The van der Waals surface area contributed by atoms with Crippen LogP contribution in [-0.4, -0.2) is 50.5 Å². The summed E-state index contributed by atoms with van der Waals surface area (Å²) in [6.45, 7) is 4.13. The standard InChI is InChI=1S/C15H20N5.CH5NO2.W/c1-12-11-19(2)10-9-15(12,13-7-5-4-6-8-13)14-16-18-20(3)17-14;1-4-2-3;/h4-8,12H,2,9-11H2,1,3H3;2-3H,1H3;/q-1;;. The molecule has 138 valence electrons. The Labute approximate surface area is 162 Å². The number of benzene rings is 1. The molecule has 2 atom stereocenters. The van der Waals surface area contributed by atoms with Gasteiger partial charge in [-0.2, -0.15) is 4.80 Å². The van der Waals surface area contributed by atoms with E-state index >= 15 is 0 Å². The minimum Gasteiger partial charge on any atom is -0.459 e. The van der Waals surface area contributed by atoms with E-state index in [1.165, 1.54) is 18.3 Å². The molecule has 1 saturated heterocycles. The van der Waals surface area contributed by atoms with Crippen molar-refractivity contribution in [3.8, 4) is 0 Å². The number of rotatable bonds is 3. The molecule has 9 heteroatoms. The Balaban J connectivity index is 0.000000568. The number of tetrazole rings is 1. The third kappa shape index (κ3) is 4.92. The summed E-state index contributed by atoms with van der Waals surface area (Å²) in [5.41, 5.74) is 2.54. The van der Waals surface area contributed by atoms with Gasteiger partial charge < -0.3 is 4.90 Å². The number of nitrogens with zero attached hydrogens (tertiary/aromatic N) is 5. The number of piperidine rings is 1. The smallest absolute Gasteiger partial charge is 0.185 e. The Hall–Kier alpha value is -1.18. The zero-order valence-electron chi connectivity index (χ0n) is 14.8. The maximum Gasteiger partial charge on any atom is 0.185 e. The maximum absolute atomic E-state index is 7.40. The summed E-state index contributed by atoms with van der Waals surface area (Å²) in [6.07, 6.45) is 0.966. The Morgan fingerprint density at radius 3 is 2.48 bits per heavy atom. The topological polar surface area (TPSA) is 88.3 Å².